The zero-order valence-electron chi connectivity index (χ0n) is 24.6. The van der Waals surface area contributed by atoms with Gasteiger partial charge in [-0.15, -0.1) is 11.3 Å². The number of benzene rings is 7. The number of nitrogens with one attached hydrogen (secondary N) is 1. The van der Waals surface area contributed by atoms with Crippen molar-refractivity contribution < 1.29 is 0 Å². The Bertz CT molecular complexity index is 2170. The summed E-state index contributed by atoms with van der Waals surface area (Å²) in [5.41, 5.74) is 10.2. The maximum Gasteiger partial charge on any atom is 0.0482 e. The smallest absolute Gasteiger partial charge is 0.0482 e. The van der Waals surface area contributed by atoms with Gasteiger partial charge in [0.25, 0.3) is 0 Å². The molecule has 0 saturated carbocycles. The van der Waals surface area contributed by atoms with Gasteiger partial charge in [-0.25, -0.2) is 0 Å². The SMILES string of the molecule is c1ccc(-c2cccc(N(c3cccc(Nc4ccc5sc6ccccc6c5c4)c3)c3cccc(-c4ccccc4)c3)c2)cc1. The third-order valence-corrected chi connectivity index (χ3v) is 9.34. The van der Waals surface area contributed by atoms with Crippen LogP contribution in [0, 0.1) is 0 Å². The van der Waals surface area contributed by atoms with Crippen molar-refractivity contribution in [2.75, 3.05) is 10.2 Å². The molecule has 45 heavy (non-hydrogen) atoms. The number of hydrogen-bond donors (Lipinski definition) is 1. The number of nitrogens with zero attached hydrogens (tertiary/aromatic N) is 1. The average molecular weight is 595 g/mol. The predicted molar refractivity (Wildman–Crippen MR) is 195 cm³/mol. The van der Waals surface area contributed by atoms with Gasteiger partial charge < -0.3 is 10.2 Å². The summed E-state index contributed by atoms with van der Waals surface area (Å²) >= 11 is 1.84. The van der Waals surface area contributed by atoms with E-state index in [1.165, 1.54) is 42.4 Å². The lowest BCUT2D eigenvalue weighted by molar-refractivity contribution is 1.28. The van der Waals surface area contributed by atoms with Crippen molar-refractivity contribution in [1.82, 2.24) is 0 Å². The first-order valence-corrected chi connectivity index (χ1v) is 16.0. The molecule has 3 heteroatoms. The first-order chi connectivity index (χ1) is 22.3. The van der Waals surface area contributed by atoms with Crippen molar-refractivity contribution in [3.05, 3.63) is 176 Å². The second-order valence-corrected chi connectivity index (χ2v) is 12.2. The molecule has 1 aromatic heterocycles. The molecule has 0 bridgehead atoms. The molecule has 0 saturated heterocycles. The van der Waals surface area contributed by atoms with Gasteiger partial charge in [0, 0.05) is 48.6 Å². The van der Waals surface area contributed by atoms with Crippen LogP contribution in [0.4, 0.5) is 28.4 Å². The molecule has 8 aromatic rings. The lowest BCUT2D eigenvalue weighted by Crippen LogP contribution is -2.10. The van der Waals surface area contributed by atoms with Gasteiger partial charge in [0.15, 0.2) is 0 Å². The van der Waals surface area contributed by atoms with Crippen molar-refractivity contribution in [1.29, 1.82) is 0 Å². The highest BCUT2D eigenvalue weighted by Gasteiger charge is 2.15. The van der Waals surface area contributed by atoms with Crippen LogP contribution in [0.5, 0.6) is 0 Å². The zero-order valence-corrected chi connectivity index (χ0v) is 25.4. The highest BCUT2D eigenvalue weighted by molar-refractivity contribution is 7.25. The summed E-state index contributed by atoms with van der Waals surface area (Å²) < 4.78 is 2.62. The first kappa shape index (κ1) is 26.9. The summed E-state index contributed by atoms with van der Waals surface area (Å²) in [6.07, 6.45) is 0. The van der Waals surface area contributed by atoms with Crippen LogP contribution in [0.25, 0.3) is 42.4 Å². The number of anilines is 5. The highest BCUT2D eigenvalue weighted by Crippen LogP contribution is 2.40. The molecule has 0 fully saturated rings. The Morgan fingerprint density at radius 2 is 0.867 bits per heavy atom. The standard InChI is InChI=1S/C42H30N2S/c1-3-12-30(13-4-1)32-16-9-19-36(26-32)44(37-20-10-17-33(27-37)31-14-5-2-6-15-31)38-21-11-18-34(28-38)43-35-24-25-42-40(29-35)39-22-7-8-23-41(39)45-42/h1-29,43H. The van der Waals surface area contributed by atoms with Crippen LogP contribution in [0.15, 0.2) is 176 Å². The van der Waals surface area contributed by atoms with Crippen molar-refractivity contribution in [3.63, 3.8) is 0 Å². The van der Waals surface area contributed by atoms with Crippen LogP contribution < -0.4 is 10.2 Å². The fourth-order valence-corrected chi connectivity index (χ4v) is 7.14. The van der Waals surface area contributed by atoms with Crippen molar-refractivity contribution in [2.45, 2.75) is 0 Å². The van der Waals surface area contributed by atoms with Gasteiger partial charge in [0.05, 0.1) is 0 Å². The summed E-state index contributed by atoms with van der Waals surface area (Å²) in [7, 11) is 0. The lowest BCUT2D eigenvalue weighted by Gasteiger charge is -2.27. The van der Waals surface area contributed by atoms with Gasteiger partial charge in [0.1, 0.15) is 0 Å². The minimum Gasteiger partial charge on any atom is -0.355 e. The molecule has 0 aliphatic carbocycles. The van der Waals surface area contributed by atoms with Gasteiger partial charge in [0.2, 0.25) is 0 Å². The fraction of sp³-hybridized carbons (Fsp3) is 0. The number of rotatable bonds is 7. The number of fused-ring (bicyclic) bond motifs is 3. The Balaban J connectivity index is 1.21. The molecule has 8 rings (SSSR count). The molecule has 0 atom stereocenters. The predicted octanol–water partition coefficient (Wildman–Crippen LogP) is 12.6. The summed E-state index contributed by atoms with van der Waals surface area (Å²) in [4.78, 5) is 2.35. The van der Waals surface area contributed by atoms with E-state index in [0.717, 1.165) is 28.4 Å². The van der Waals surface area contributed by atoms with E-state index in [-0.39, 0.29) is 0 Å². The molecule has 7 aromatic carbocycles. The van der Waals surface area contributed by atoms with E-state index in [4.69, 9.17) is 0 Å². The Morgan fingerprint density at radius 1 is 0.356 bits per heavy atom. The van der Waals surface area contributed by atoms with Crippen LogP contribution in [0.2, 0.25) is 0 Å². The lowest BCUT2D eigenvalue weighted by atomic mass is 10.0. The zero-order chi connectivity index (χ0) is 30.0. The molecular formula is C42H30N2S. The van der Waals surface area contributed by atoms with Gasteiger partial charge in [-0.2, -0.15) is 0 Å². The van der Waals surface area contributed by atoms with Gasteiger partial charge in [-0.1, -0.05) is 109 Å². The third-order valence-electron chi connectivity index (χ3n) is 8.19. The molecule has 0 aliphatic rings. The van der Waals surface area contributed by atoms with E-state index in [9.17, 15) is 0 Å². The second-order valence-electron chi connectivity index (χ2n) is 11.2. The maximum absolute atomic E-state index is 3.70. The van der Waals surface area contributed by atoms with E-state index < -0.39 is 0 Å². The van der Waals surface area contributed by atoms with Crippen molar-refractivity contribution >= 4 is 59.9 Å². The van der Waals surface area contributed by atoms with E-state index in [1.807, 2.05) is 11.3 Å². The van der Waals surface area contributed by atoms with E-state index >= 15 is 0 Å². The maximum atomic E-state index is 3.70. The topological polar surface area (TPSA) is 15.3 Å². The van der Waals surface area contributed by atoms with E-state index in [2.05, 4.69) is 186 Å². The van der Waals surface area contributed by atoms with E-state index in [0.29, 0.717) is 0 Å². The molecule has 214 valence electrons. The fourth-order valence-electron chi connectivity index (χ4n) is 6.05. The van der Waals surface area contributed by atoms with Gasteiger partial charge in [-0.3, -0.25) is 0 Å². The molecule has 0 amide bonds. The van der Waals surface area contributed by atoms with Gasteiger partial charge >= 0.3 is 0 Å². The Labute approximate surface area is 267 Å². The van der Waals surface area contributed by atoms with Crippen molar-refractivity contribution in [2.24, 2.45) is 0 Å². The highest BCUT2D eigenvalue weighted by atomic mass is 32.1. The van der Waals surface area contributed by atoms with Crippen LogP contribution in [-0.4, -0.2) is 0 Å². The molecule has 0 unspecified atom stereocenters. The molecule has 2 nitrogen and oxygen atoms in total. The molecule has 0 spiro atoms. The molecule has 0 radical (unpaired) electrons. The Hall–Kier alpha value is -5.64. The molecule has 1 heterocycles. The Morgan fingerprint density at radius 3 is 1.53 bits per heavy atom. The minimum absolute atomic E-state index is 1.04. The monoisotopic (exact) mass is 594 g/mol. The molecule has 1 N–H and O–H groups in total. The summed E-state index contributed by atoms with van der Waals surface area (Å²) in [5, 5.41) is 6.29. The average Bonchev–Trinajstić information content (AvgIpc) is 3.48. The normalized spacial score (nSPS) is 11.1. The summed E-state index contributed by atoms with van der Waals surface area (Å²) in [5.74, 6) is 0. The molecular weight excluding hydrogens is 565 g/mol. The minimum atomic E-state index is 1.04. The molecule has 0 aliphatic heterocycles. The van der Waals surface area contributed by atoms with E-state index in [1.54, 1.807) is 0 Å². The largest absolute Gasteiger partial charge is 0.355 e. The number of thiophene rings is 1. The van der Waals surface area contributed by atoms with Gasteiger partial charge in [-0.05, 0) is 89.0 Å². The van der Waals surface area contributed by atoms with Crippen LogP contribution in [0.3, 0.4) is 0 Å². The third kappa shape index (κ3) is 5.46. The quantitative estimate of drug-likeness (QED) is 0.197. The first-order valence-electron chi connectivity index (χ1n) is 15.2. The summed E-state index contributed by atoms with van der Waals surface area (Å²) in [6, 6.07) is 62.7. The number of hydrogen-bond acceptors (Lipinski definition) is 3. The second kappa shape index (κ2) is 11.8. The van der Waals surface area contributed by atoms with Crippen molar-refractivity contribution in [3.8, 4) is 22.3 Å². The Kier molecular flexibility index (Phi) is 7.07. The summed E-state index contributed by atoms with van der Waals surface area (Å²) in [6.45, 7) is 0. The van der Waals surface area contributed by atoms with Crippen LogP contribution in [-0.2, 0) is 0 Å². The van der Waals surface area contributed by atoms with Crippen LogP contribution in [0.1, 0.15) is 0 Å². The van der Waals surface area contributed by atoms with Crippen LogP contribution >= 0.6 is 11.3 Å².